The molecule has 1 aliphatic rings. The molecule has 0 aliphatic heterocycles. The molecular formula is C12H19N3. The Labute approximate surface area is 91.1 Å². The maximum atomic E-state index is 5.87. The van der Waals surface area contributed by atoms with Crippen LogP contribution < -0.4 is 11.1 Å². The molecule has 1 aliphatic carbocycles. The molecule has 2 atom stereocenters. The van der Waals surface area contributed by atoms with Gasteiger partial charge in [0.1, 0.15) is 5.82 Å². The zero-order valence-electron chi connectivity index (χ0n) is 9.24. The second-order valence-corrected chi connectivity index (χ2v) is 4.54. The number of aryl methyl sites for hydroxylation is 1. The van der Waals surface area contributed by atoms with Gasteiger partial charge in [-0.05, 0) is 43.7 Å². The fourth-order valence-corrected chi connectivity index (χ4v) is 2.12. The highest BCUT2D eigenvalue weighted by Gasteiger charge is 2.21. The van der Waals surface area contributed by atoms with Gasteiger partial charge in [-0.2, -0.15) is 0 Å². The van der Waals surface area contributed by atoms with E-state index in [2.05, 4.69) is 16.4 Å². The van der Waals surface area contributed by atoms with Crippen molar-refractivity contribution in [2.75, 3.05) is 11.9 Å². The van der Waals surface area contributed by atoms with Crippen LogP contribution in [0.4, 0.5) is 5.82 Å². The van der Waals surface area contributed by atoms with Crippen molar-refractivity contribution in [3.8, 4) is 0 Å². The fourth-order valence-electron chi connectivity index (χ4n) is 2.12. The normalized spacial score (nSPS) is 25.5. The van der Waals surface area contributed by atoms with Crippen molar-refractivity contribution in [3.63, 3.8) is 0 Å². The Hall–Kier alpha value is -1.09. The molecule has 0 radical (unpaired) electrons. The van der Waals surface area contributed by atoms with Gasteiger partial charge in [-0.1, -0.05) is 6.07 Å². The average Bonchev–Trinajstić information content (AvgIpc) is 2.64. The number of nitrogens with one attached hydrogen (secondary N) is 1. The van der Waals surface area contributed by atoms with E-state index in [0.29, 0.717) is 6.04 Å². The first-order valence-corrected chi connectivity index (χ1v) is 5.66. The van der Waals surface area contributed by atoms with Gasteiger partial charge in [0.2, 0.25) is 0 Å². The molecule has 3 N–H and O–H groups in total. The molecule has 1 aromatic rings. The van der Waals surface area contributed by atoms with E-state index in [4.69, 9.17) is 5.73 Å². The van der Waals surface area contributed by atoms with Crippen LogP contribution in [0.25, 0.3) is 0 Å². The maximum Gasteiger partial charge on any atom is 0.125 e. The molecule has 1 fully saturated rings. The van der Waals surface area contributed by atoms with Crippen molar-refractivity contribution >= 4 is 5.82 Å². The summed E-state index contributed by atoms with van der Waals surface area (Å²) >= 11 is 0. The number of hydrogen-bond acceptors (Lipinski definition) is 3. The lowest BCUT2D eigenvalue weighted by molar-refractivity contribution is 0.565. The van der Waals surface area contributed by atoms with Crippen LogP contribution in [0, 0.1) is 12.8 Å². The lowest BCUT2D eigenvalue weighted by atomic mass is 10.1. The molecule has 1 heterocycles. The van der Waals surface area contributed by atoms with Gasteiger partial charge in [0.15, 0.2) is 0 Å². The van der Waals surface area contributed by atoms with Gasteiger partial charge in [0.05, 0.1) is 0 Å². The van der Waals surface area contributed by atoms with Crippen molar-refractivity contribution in [2.24, 2.45) is 11.7 Å². The molecule has 3 nitrogen and oxygen atoms in total. The second-order valence-electron chi connectivity index (χ2n) is 4.54. The van der Waals surface area contributed by atoms with Crippen LogP contribution in [0.5, 0.6) is 0 Å². The molecule has 1 aromatic heterocycles. The van der Waals surface area contributed by atoms with Gasteiger partial charge in [-0.15, -0.1) is 0 Å². The van der Waals surface area contributed by atoms with Crippen LogP contribution in [0.15, 0.2) is 18.3 Å². The van der Waals surface area contributed by atoms with Gasteiger partial charge >= 0.3 is 0 Å². The molecule has 82 valence electrons. The molecule has 2 rings (SSSR count). The van der Waals surface area contributed by atoms with Crippen LogP contribution in [-0.4, -0.2) is 17.6 Å². The van der Waals surface area contributed by atoms with Crippen LogP contribution in [0.1, 0.15) is 24.8 Å². The first-order chi connectivity index (χ1) is 7.24. The summed E-state index contributed by atoms with van der Waals surface area (Å²) < 4.78 is 0. The Bertz CT molecular complexity index is 307. The summed E-state index contributed by atoms with van der Waals surface area (Å²) in [7, 11) is 0. The molecule has 0 amide bonds. The number of nitrogens with two attached hydrogens (primary N) is 1. The zero-order chi connectivity index (χ0) is 10.7. The van der Waals surface area contributed by atoms with Crippen molar-refractivity contribution in [3.05, 3.63) is 23.9 Å². The molecule has 15 heavy (non-hydrogen) atoms. The summed E-state index contributed by atoms with van der Waals surface area (Å²) in [5, 5.41) is 3.37. The highest BCUT2D eigenvalue weighted by Crippen LogP contribution is 2.24. The van der Waals surface area contributed by atoms with E-state index in [-0.39, 0.29) is 0 Å². The Morgan fingerprint density at radius 1 is 1.47 bits per heavy atom. The van der Waals surface area contributed by atoms with Gasteiger partial charge in [-0.3, -0.25) is 0 Å². The van der Waals surface area contributed by atoms with Crippen LogP contribution in [0.3, 0.4) is 0 Å². The minimum Gasteiger partial charge on any atom is -0.370 e. The SMILES string of the molecule is Cc1ccc(NCC2CCC(N)C2)nc1. The topological polar surface area (TPSA) is 50.9 Å². The smallest absolute Gasteiger partial charge is 0.125 e. The molecule has 0 spiro atoms. The molecule has 1 saturated carbocycles. The first kappa shape index (κ1) is 10.4. The van der Waals surface area contributed by atoms with E-state index in [1.165, 1.54) is 18.4 Å². The van der Waals surface area contributed by atoms with Crippen molar-refractivity contribution in [1.82, 2.24) is 4.98 Å². The molecule has 2 unspecified atom stereocenters. The third kappa shape index (κ3) is 2.93. The maximum absolute atomic E-state index is 5.87. The predicted molar refractivity (Wildman–Crippen MR) is 62.8 cm³/mol. The summed E-state index contributed by atoms with van der Waals surface area (Å²) in [6, 6.07) is 4.53. The Kier molecular flexibility index (Phi) is 3.21. The Balaban J connectivity index is 1.80. The number of rotatable bonds is 3. The van der Waals surface area contributed by atoms with Crippen LogP contribution in [-0.2, 0) is 0 Å². The quantitative estimate of drug-likeness (QED) is 0.792. The molecule has 0 aromatic carbocycles. The summed E-state index contributed by atoms with van der Waals surface area (Å²) in [5.74, 6) is 1.70. The van der Waals surface area contributed by atoms with Crippen molar-refractivity contribution in [1.29, 1.82) is 0 Å². The third-order valence-electron chi connectivity index (χ3n) is 3.07. The highest BCUT2D eigenvalue weighted by atomic mass is 15.0. The number of pyridine rings is 1. The molecule has 0 saturated heterocycles. The number of nitrogens with zero attached hydrogens (tertiary/aromatic N) is 1. The van der Waals surface area contributed by atoms with E-state index < -0.39 is 0 Å². The van der Waals surface area contributed by atoms with Gasteiger partial charge in [-0.25, -0.2) is 4.98 Å². The summed E-state index contributed by atoms with van der Waals surface area (Å²) in [5.41, 5.74) is 7.07. The van der Waals surface area contributed by atoms with E-state index in [9.17, 15) is 0 Å². The van der Waals surface area contributed by atoms with Gasteiger partial charge in [0.25, 0.3) is 0 Å². The third-order valence-corrected chi connectivity index (χ3v) is 3.07. The van der Waals surface area contributed by atoms with Crippen molar-refractivity contribution < 1.29 is 0 Å². The molecule has 3 heteroatoms. The first-order valence-electron chi connectivity index (χ1n) is 5.66. The number of hydrogen-bond donors (Lipinski definition) is 2. The van der Waals surface area contributed by atoms with E-state index >= 15 is 0 Å². The lowest BCUT2D eigenvalue weighted by Crippen LogP contribution is -2.17. The molecular weight excluding hydrogens is 186 g/mol. The zero-order valence-corrected chi connectivity index (χ0v) is 9.24. The minimum atomic E-state index is 0.419. The average molecular weight is 205 g/mol. The van der Waals surface area contributed by atoms with Crippen molar-refractivity contribution in [2.45, 2.75) is 32.2 Å². The highest BCUT2D eigenvalue weighted by molar-refractivity contribution is 5.35. The molecule has 0 bridgehead atoms. The van der Waals surface area contributed by atoms with Gasteiger partial charge in [0, 0.05) is 18.8 Å². The summed E-state index contributed by atoms with van der Waals surface area (Å²) in [6.45, 7) is 3.05. The summed E-state index contributed by atoms with van der Waals surface area (Å²) in [6.07, 6.45) is 5.47. The van der Waals surface area contributed by atoms with E-state index in [1.54, 1.807) is 0 Å². The minimum absolute atomic E-state index is 0.419. The second kappa shape index (κ2) is 4.62. The van der Waals surface area contributed by atoms with E-state index in [0.717, 1.165) is 24.7 Å². The Morgan fingerprint density at radius 2 is 2.33 bits per heavy atom. The predicted octanol–water partition coefficient (Wildman–Crippen LogP) is 1.93. The number of aromatic nitrogens is 1. The standard InChI is InChI=1S/C12H19N3/c1-9-2-5-12(14-7-9)15-8-10-3-4-11(13)6-10/h2,5,7,10-11H,3-4,6,8,13H2,1H3,(H,14,15). The van der Waals surface area contributed by atoms with Crippen LogP contribution >= 0.6 is 0 Å². The number of anilines is 1. The fraction of sp³-hybridized carbons (Fsp3) is 0.583. The largest absolute Gasteiger partial charge is 0.370 e. The van der Waals surface area contributed by atoms with E-state index in [1.807, 2.05) is 19.2 Å². The Morgan fingerprint density at radius 3 is 2.93 bits per heavy atom. The van der Waals surface area contributed by atoms with Crippen LogP contribution in [0.2, 0.25) is 0 Å². The lowest BCUT2D eigenvalue weighted by Gasteiger charge is -2.11. The van der Waals surface area contributed by atoms with Gasteiger partial charge < -0.3 is 11.1 Å². The monoisotopic (exact) mass is 205 g/mol. The summed E-state index contributed by atoms with van der Waals surface area (Å²) in [4.78, 5) is 4.32.